The summed E-state index contributed by atoms with van der Waals surface area (Å²) in [6.45, 7) is 4.84. The first-order chi connectivity index (χ1) is 5.95. The van der Waals surface area contributed by atoms with Gasteiger partial charge in [0.1, 0.15) is 5.69 Å². The third-order valence-electron chi connectivity index (χ3n) is 2.07. The smallest absolute Gasteiger partial charge is 0.353 e. The van der Waals surface area contributed by atoms with E-state index in [1.54, 1.807) is 13.8 Å². The van der Waals surface area contributed by atoms with Crippen LogP contribution in [0.3, 0.4) is 0 Å². The van der Waals surface area contributed by atoms with Gasteiger partial charge >= 0.3 is 5.97 Å². The Labute approximate surface area is 75.6 Å². The summed E-state index contributed by atoms with van der Waals surface area (Å²) in [5.74, 6) is -1.32. The van der Waals surface area contributed by atoms with Crippen molar-refractivity contribution in [3.05, 3.63) is 22.5 Å². The number of H-pyrrole nitrogens is 1. The van der Waals surface area contributed by atoms with Crippen molar-refractivity contribution in [3.8, 4) is 0 Å². The van der Waals surface area contributed by atoms with Crippen molar-refractivity contribution < 1.29 is 14.7 Å². The third kappa shape index (κ3) is 1.47. The summed E-state index contributed by atoms with van der Waals surface area (Å²) in [5, 5.41) is 8.77. The number of aromatic carboxylic acids is 1. The predicted molar refractivity (Wildman–Crippen MR) is 47.2 cm³/mol. The van der Waals surface area contributed by atoms with E-state index in [2.05, 4.69) is 4.98 Å². The summed E-state index contributed by atoms with van der Waals surface area (Å²) in [6, 6.07) is 0. The van der Waals surface area contributed by atoms with E-state index in [4.69, 9.17) is 5.11 Å². The molecule has 13 heavy (non-hydrogen) atoms. The van der Waals surface area contributed by atoms with Crippen molar-refractivity contribution in [2.75, 3.05) is 0 Å². The minimum Gasteiger partial charge on any atom is -0.477 e. The molecule has 0 fully saturated rings. The van der Waals surface area contributed by atoms with E-state index >= 15 is 0 Å². The first-order valence-electron chi connectivity index (χ1n) is 3.88. The van der Waals surface area contributed by atoms with Gasteiger partial charge in [0, 0.05) is 5.69 Å². The Hall–Kier alpha value is -1.58. The molecule has 0 atom stereocenters. The number of aromatic amines is 1. The van der Waals surface area contributed by atoms with Crippen molar-refractivity contribution in [2.24, 2.45) is 0 Å². The highest BCUT2D eigenvalue weighted by Crippen LogP contribution is 2.18. The molecule has 0 aliphatic rings. The molecule has 0 saturated carbocycles. The standard InChI is InChI=1S/C9H11NO3/c1-4-5(2)10-8(9(12)13)7(4)6(3)11/h10H,1-3H3,(H,12,13). The number of hydrogen-bond donors (Lipinski definition) is 2. The Balaban J connectivity index is 3.44. The molecule has 0 aliphatic carbocycles. The third-order valence-corrected chi connectivity index (χ3v) is 2.07. The highest BCUT2D eigenvalue weighted by atomic mass is 16.4. The van der Waals surface area contributed by atoms with Crippen LogP contribution >= 0.6 is 0 Å². The Kier molecular flexibility index (Phi) is 2.23. The average Bonchev–Trinajstić information content (AvgIpc) is 2.28. The summed E-state index contributed by atoms with van der Waals surface area (Å²) in [4.78, 5) is 24.5. The Morgan fingerprint density at radius 3 is 2.15 bits per heavy atom. The lowest BCUT2D eigenvalue weighted by Gasteiger charge is -1.95. The van der Waals surface area contributed by atoms with Crippen molar-refractivity contribution >= 4 is 11.8 Å². The van der Waals surface area contributed by atoms with Crippen molar-refractivity contribution in [2.45, 2.75) is 20.8 Å². The zero-order valence-corrected chi connectivity index (χ0v) is 7.76. The Morgan fingerprint density at radius 2 is 1.85 bits per heavy atom. The predicted octanol–water partition coefficient (Wildman–Crippen LogP) is 1.53. The highest BCUT2D eigenvalue weighted by molar-refractivity contribution is 6.05. The number of carboxylic acids is 1. The molecule has 0 aliphatic heterocycles. The maximum absolute atomic E-state index is 11.1. The molecule has 0 radical (unpaired) electrons. The van der Waals surface area contributed by atoms with Gasteiger partial charge in [-0.25, -0.2) is 4.79 Å². The molecule has 1 heterocycles. The fraction of sp³-hybridized carbons (Fsp3) is 0.333. The normalized spacial score (nSPS) is 10.1. The van der Waals surface area contributed by atoms with Gasteiger partial charge in [-0.15, -0.1) is 0 Å². The fourth-order valence-corrected chi connectivity index (χ4v) is 1.32. The van der Waals surface area contributed by atoms with Gasteiger partial charge in [0.15, 0.2) is 5.78 Å². The lowest BCUT2D eigenvalue weighted by atomic mass is 10.1. The number of aryl methyl sites for hydroxylation is 1. The van der Waals surface area contributed by atoms with Gasteiger partial charge < -0.3 is 10.1 Å². The van der Waals surface area contributed by atoms with Crippen LogP contribution in [-0.2, 0) is 0 Å². The molecule has 1 aromatic rings. The van der Waals surface area contributed by atoms with E-state index in [-0.39, 0.29) is 17.0 Å². The van der Waals surface area contributed by atoms with Crippen LogP contribution < -0.4 is 0 Å². The molecule has 4 nitrogen and oxygen atoms in total. The van der Waals surface area contributed by atoms with Crippen LogP contribution in [0.4, 0.5) is 0 Å². The molecule has 0 spiro atoms. The number of ketones is 1. The monoisotopic (exact) mass is 181 g/mol. The van der Waals surface area contributed by atoms with Crippen molar-refractivity contribution in [1.82, 2.24) is 4.98 Å². The van der Waals surface area contributed by atoms with E-state index in [0.717, 1.165) is 5.69 Å². The number of carbonyl (C=O) groups is 2. The molecular formula is C9H11NO3. The molecule has 0 amide bonds. The largest absolute Gasteiger partial charge is 0.477 e. The van der Waals surface area contributed by atoms with Crippen molar-refractivity contribution in [1.29, 1.82) is 0 Å². The van der Waals surface area contributed by atoms with Gasteiger partial charge in [-0.05, 0) is 26.3 Å². The Bertz CT molecular complexity index is 376. The average molecular weight is 181 g/mol. The molecule has 0 bridgehead atoms. The van der Waals surface area contributed by atoms with Crippen LogP contribution in [0.15, 0.2) is 0 Å². The lowest BCUT2D eigenvalue weighted by molar-refractivity contribution is 0.0686. The van der Waals surface area contributed by atoms with E-state index in [1.807, 2.05) is 0 Å². The summed E-state index contributed by atoms with van der Waals surface area (Å²) in [6.07, 6.45) is 0. The van der Waals surface area contributed by atoms with E-state index in [0.29, 0.717) is 5.56 Å². The second kappa shape index (κ2) is 3.05. The molecule has 0 aromatic carbocycles. The van der Waals surface area contributed by atoms with Gasteiger partial charge in [-0.2, -0.15) is 0 Å². The molecule has 1 rings (SSSR count). The van der Waals surface area contributed by atoms with Gasteiger partial charge in [0.25, 0.3) is 0 Å². The van der Waals surface area contributed by atoms with Gasteiger partial charge in [0.05, 0.1) is 5.56 Å². The molecule has 1 aromatic heterocycles. The first-order valence-corrected chi connectivity index (χ1v) is 3.88. The molecule has 2 N–H and O–H groups in total. The van der Waals surface area contributed by atoms with Crippen molar-refractivity contribution in [3.63, 3.8) is 0 Å². The number of carboxylic acid groups (broad SMARTS) is 1. The fourth-order valence-electron chi connectivity index (χ4n) is 1.32. The molecule has 0 saturated heterocycles. The summed E-state index contributed by atoms with van der Waals surface area (Å²) in [7, 11) is 0. The minimum absolute atomic E-state index is 0.0116. The zero-order chi connectivity index (χ0) is 10.2. The van der Waals surface area contributed by atoms with Gasteiger partial charge in [-0.1, -0.05) is 0 Å². The van der Waals surface area contributed by atoms with Crippen LogP contribution in [-0.4, -0.2) is 21.8 Å². The molecule has 70 valence electrons. The topological polar surface area (TPSA) is 70.2 Å². The van der Waals surface area contributed by atoms with Crippen LogP contribution in [0, 0.1) is 13.8 Å². The quantitative estimate of drug-likeness (QED) is 0.680. The first kappa shape index (κ1) is 9.51. The Morgan fingerprint density at radius 1 is 1.31 bits per heavy atom. The minimum atomic E-state index is -1.10. The van der Waals surface area contributed by atoms with E-state index in [1.165, 1.54) is 6.92 Å². The second-order valence-corrected chi connectivity index (χ2v) is 2.99. The van der Waals surface area contributed by atoms with Crippen LogP contribution in [0.5, 0.6) is 0 Å². The van der Waals surface area contributed by atoms with E-state index < -0.39 is 5.97 Å². The second-order valence-electron chi connectivity index (χ2n) is 2.99. The zero-order valence-electron chi connectivity index (χ0n) is 7.76. The van der Waals surface area contributed by atoms with Crippen LogP contribution in [0.2, 0.25) is 0 Å². The summed E-state index contributed by atoms with van der Waals surface area (Å²) in [5.41, 5.74) is 1.71. The maximum atomic E-state index is 11.1. The number of carbonyl (C=O) groups excluding carboxylic acids is 1. The number of aromatic nitrogens is 1. The highest BCUT2D eigenvalue weighted by Gasteiger charge is 2.19. The molecule has 4 heteroatoms. The number of Topliss-reactive ketones (excluding diaryl/α,β-unsaturated/α-hetero) is 1. The number of rotatable bonds is 2. The van der Waals surface area contributed by atoms with Gasteiger partial charge in [-0.3, -0.25) is 4.79 Å². The molecular weight excluding hydrogens is 170 g/mol. The number of nitrogens with one attached hydrogen (secondary N) is 1. The summed E-state index contributed by atoms with van der Waals surface area (Å²) < 4.78 is 0. The lowest BCUT2D eigenvalue weighted by Crippen LogP contribution is -2.05. The van der Waals surface area contributed by atoms with Gasteiger partial charge in [0.2, 0.25) is 0 Å². The summed E-state index contributed by atoms with van der Waals surface area (Å²) >= 11 is 0. The van der Waals surface area contributed by atoms with Crippen LogP contribution in [0.25, 0.3) is 0 Å². The SMILES string of the molecule is CC(=O)c1c(C(=O)O)[nH]c(C)c1C. The van der Waals surface area contributed by atoms with Crippen LogP contribution in [0.1, 0.15) is 39.0 Å². The molecule has 0 unspecified atom stereocenters. The maximum Gasteiger partial charge on any atom is 0.353 e. The number of hydrogen-bond acceptors (Lipinski definition) is 2. The van der Waals surface area contributed by atoms with E-state index in [9.17, 15) is 9.59 Å².